The van der Waals surface area contributed by atoms with E-state index in [-0.39, 0.29) is 18.1 Å². The number of nitrogens with one attached hydrogen (secondary N) is 1. The molecule has 3 aromatic rings. The number of carboxylic acid groups (broad SMARTS) is 1. The number of aromatic carboxylic acids is 1. The van der Waals surface area contributed by atoms with Gasteiger partial charge in [-0.05, 0) is 24.1 Å². The van der Waals surface area contributed by atoms with Crippen LogP contribution in [0.5, 0.6) is 0 Å². The fraction of sp³-hybridized carbons (Fsp3) is 0.176. The van der Waals surface area contributed by atoms with E-state index in [0.29, 0.717) is 12.2 Å². The Morgan fingerprint density at radius 1 is 1.20 bits per heavy atom. The molecule has 0 aliphatic rings. The number of anilines is 1. The molecule has 0 atom stereocenters. The molecule has 0 saturated carbocycles. The number of hydrogen-bond donors (Lipinski definition) is 2. The Labute approximate surface area is 143 Å². The van der Waals surface area contributed by atoms with E-state index in [1.807, 2.05) is 31.2 Å². The Balaban J connectivity index is 1.59. The van der Waals surface area contributed by atoms with E-state index in [0.717, 1.165) is 5.56 Å². The minimum atomic E-state index is -1.13. The smallest absolute Gasteiger partial charge is 0.356 e. The van der Waals surface area contributed by atoms with E-state index < -0.39 is 5.97 Å². The van der Waals surface area contributed by atoms with Crippen LogP contribution in [0.3, 0.4) is 0 Å². The largest absolute Gasteiger partial charge is 0.476 e. The number of hydrogen-bond acceptors (Lipinski definition) is 4. The summed E-state index contributed by atoms with van der Waals surface area (Å²) in [6.45, 7) is 2.58. The highest BCUT2D eigenvalue weighted by Gasteiger charge is 2.10. The van der Waals surface area contributed by atoms with Crippen molar-refractivity contribution >= 4 is 17.6 Å². The van der Waals surface area contributed by atoms with Gasteiger partial charge in [-0.15, -0.1) is 0 Å². The molecular weight excluding hydrogens is 322 g/mol. The van der Waals surface area contributed by atoms with Crippen molar-refractivity contribution in [3.63, 3.8) is 0 Å². The van der Waals surface area contributed by atoms with Gasteiger partial charge >= 0.3 is 5.97 Å². The number of rotatable bonds is 6. The van der Waals surface area contributed by atoms with Gasteiger partial charge in [0, 0.05) is 12.4 Å². The molecule has 3 rings (SSSR count). The molecule has 2 N–H and O–H groups in total. The van der Waals surface area contributed by atoms with Crippen LogP contribution in [0.4, 0.5) is 5.69 Å². The summed E-state index contributed by atoms with van der Waals surface area (Å²) in [5, 5.41) is 19.6. The molecule has 0 aliphatic carbocycles. The van der Waals surface area contributed by atoms with Crippen molar-refractivity contribution in [3.05, 3.63) is 65.7 Å². The maximum absolute atomic E-state index is 12.0. The van der Waals surface area contributed by atoms with Crippen LogP contribution < -0.4 is 5.32 Å². The van der Waals surface area contributed by atoms with Gasteiger partial charge in [0.1, 0.15) is 6.54 Å². The molecule has 8 nitrogen and oxygen atoms in total. The van der Waals surface area contributed by atoms with Gasteiger partial charge in [0.05, 0.1) is 18.4 Å². The third-order valence-electron chi connectivity index (χ3n) is 3.68. The molecule has 2 aromatic heterocycles. The third kappa shape index (κ3) is 4.11. The summed E-state index contributed by atoms with van der Waals surface area (Å²) in [6.07, 6.45) is 4.77. The third-order valence-corrected chi connectivity index (χ3v) is 3.68. The van der Waals surface area contributed by atoms with Crippen LogP contribution in [-0.4, -0.2) is 36.5 Å². The number of benzene rings is 1. The zero-order valence-corrected chi connectivity index (χ0v) is 13.6. The van der Waals surface area contributed by atoms with E-state index in [4.69, 9.17) is 5.11 Å². The molecule has 128 valence electrons. The van der Waals surface area contributed by atoms with E-state index in [1.54, 1.807) is 17.1 Å². The Hall–Kier alpha value is -3.42. The summed E-state index contributed by atoms with van der Waals surface area (Å²) < 4.78 is 3.02. The lowest BCUT2D eigenvalue weighted by Gasteiger charge is -2.05. The fourth-order valence-electron chi connectivity index (χ4n) is 2.39. The molecule has 0 saturated heterocycles. The van der Waals surface area contributed by atoms with Crippen molar-refractivity contribution < 1.29 is 14.7 Å². The number of nitrogens with zero attached hydrogens (tertiary/aromatic N) is 4. The molecule has 1 amide bonds. The van der Waals surface area contributed by atoms with E-state index in [2.05, 4.69) is 15.5 Å². The predicted molar refractivity (Wildman–Crippen MR) is 90.3 cm³/mol. The standard InChI is InChI=1S/C17H17N5O3/c1-12-4-2-3-5-13(12)9-22-10-14(8-18-22)19-16(23)11-21-7-6-15(20-21)17(24)25/h2-8,10H,9,11H2,1H3,(H,19,23)(H,24,25). The summed E-state index contributed by atoms with van der Waals surface area (Å²) in [5.41, 5.74) is 2.81. The molecule has 0 unspecified atom stereocenters. The maximum atomic E-state index is 12.0. The molecule has 1 aromatic carbocycles. The molecule has 0 aliphatic heterocycles. The van der Waals surface area contributed by atoms with Gasteiger partial charge in [-0.2, -0.15) is 10.2 Å². The van der Waals surface area contributed by atoms with Crippen LogP contribution in [0, 0.1) is 6.92 Å². The van der Waals surface area contributed by atoms with Crippen molar-refractivity contribution in [3.8, 4) is 0 Å². The second-order valence-electron chi connectivity index (χ2n) is 5.60. The highest BCUT2D eigenvalue weighted by atomic mass is 16.4. The lowest BCUT2D eigenvalue weighted by atomic mass is 10.1. The summed E-state index contributed by atoms with van der Waals surface area (Å²) in [5.74, 6) is -1.44. The van der Waals surface area contributed by atoms with Crippen molar-refractivity contribution in [1.82, 2.24) is 19.6 Å². The fourth-order valence-corrected chi connectivity index (χ4v) is 2.39. The first-order valence-corrected chi connectivity index (χ1v) is 7.65. The SMILES string of the molecule is Cc1ccccc1Cn1cc(NC(=O)Cn2ccc(C(=O)O)n2)cn1. The highest BCUT2D eigenvalue weighted by Crippen LogP contribution is 2.11. The number of aryl methyl sites for hydroxylation is 1. The monoisotopic (exact) mass is 339 g/mol. The molecule has 0 bridgehead atoms. The van der Waals surface area contributed by atoms with Crippen LogP contribution in [0.25, 0.3) is 0 Å². The number of amides is 1. The molecule has 2 heterocycles. The summed E-state index contributed by atoms with van der Waals surface area (Å²) in [4.78, 5) is 22.8. The average Bonchev–Trinajstić information content (AvgIpc) is 3.19. The summed E-state index contributed by atoms with van der Waals surface area (Å²) in [6, 6.07) is 9.38. The lowest BCUT2D eigenvalue weighted by molar-refractivity contribution is -0.116. The van der Waals surface area contributed by atoms with Crippen molar-refractivity contribution in [2.45, 2.75) is 20.0 Å². The van der Waals surface area contributed by atoms with E-state index >= 15 is 0 Å². The van der Waals surface area contributed by atoms with Crippen molar-refractivity contribution in [1.29, 1.82) is 0 Å². The van der Waals surface area contributed by atoms with Gasteiger partial charge < -0.3 is 10.4 Å². The van der Waals surface area contributed by atoms with Crippen molar-refractivity contribution in [2.24, 2.45) is 0 Å². The Morgan fingerprint density at radius 2 is 2.00 bits per heavy atom. The van der Waals surface area contributed by atoms with E-state index in [9.17, 15) is 9.59 Å². The van der Waals surface area contributed by atoms with Gasteiger partial charge in [-0.1, -0.05) is 24.3 Å². The number of carbonyl (C=O) groups excluding carboxylic acids is 1. The van der Waals surface area contributed by atoms with Gasteiger partial charge in [0.25, 0.3) is 0 Å². The van der Waals surface area contributed by atoms with Crippen LogP contribution in [0.15, 0.2) is 48.9 Å². The molecule has 25 heavy (non-hydrogen) atoms. The minimum Gasteiger partial charge on any atom is -0.476 e. The van der Waals surface area contributed by atoms with Gasteiger partial charge in [-0.3, -0.25) is 14.2 Å². The van der Waals surface area contributed by atoms with Gasteiger partial charge in [0.15, 0.2) is 5.69 Å². The van der Waals surface area contributed by atoms with Gasteiger partial charge in [-0.25, -0.2) is 4.79 Å². The molecular formula is C17H17N5O3. The molecule has 0 spiro atoms. The summed E-state index contributed by atoms with van der Waals surface area (Å²) in [7, 11) is 0. The Morgan fingerprint density at radius 3 is 2.72 bits per heavy atom. The van der Waals surface area contributed by atoms with Crippen molar-refractivity contribution in [2.75, 3.05) is 5.32 Å². The normalized spacial score (nSPS) is 10.6. The van der Waals surface area contributed by atoms with E-state index in [1.165, 1.54) is 22.5 Å². The van der Waals surface area contributed by atoms with Gasteiger partial charge in [0.2, 0.25) is 5.91 Å². The maximum Gasteiger partial charge on any atom is 0.356 e. The first-order chi connectivity index (χ1) is 12.0. The Bertz CT molecular complexity index is 912. The van der Waals surface area contributed by atoms with Crippen LogP contribution in [0.2, 0.25) is 0 Å². The molecule has 0 radical (unpaired) electrons. The first-order valence-electron chi connectivity index (χ1n) is 7.65. The second-order valence-corrected chi connectivity index (χ2v) is 5.60. The topological polar surface area (TPSA) is 102 Å². The highest BCUT2D eigenvalue weighted by molar-refractivity contribution is 5.90. The number of carboxylic acids is 1. The lowest BCUT2D eigenvalue weighted by Crippen LogP contribution is -2.19. The average molecular weight is 339 g/mol. The zero-order chi connectivity index (χ0) is 17.8. The first kappa shape index (κ1) is 16.4. The second kappa shape index (κ2) is 7.00. The number of aromatic nitrogens is 4. The van der Waals surface area contributed by atoms with Crippen LogP contribution in [0.1, 0.15) is 21.6 Å². The predicted octanol–water partition coefficient (Wildman–Crippen LogP) is 1.77. The number of carbonyl (C=O) groups is 2. The van der Waals surface area contributed by atoms with Crippen LogP contribution >= 0.6 is 0 Å². The molecule has 0 fully saturated rings. The van der Waals surface area contributed by atoms with Crippen LogP contribution in [-0.2, 0) is 17.9 Å². The summed E-state index contributed by atoms with van der Waals surface area (Å²) >= 11 is 0. The quantitative estimate of drug-likeness (QED) is 0.712. The zero-order valence-electron chi connectivity index (χ0n) is 13.6. The molecule has 8 heteroatoms. The Kier molecular flexibility index (Phi) is 4.60. The minimum absolute atomic E-state index is 0.0732.